The van der Waals surface area contributed by atoms with Gasteiger partial charge in [0.15, 0.2) is 0 Å². The Morgan fingerprint density at radius 2 is 2.00 bits per heavy atom. The molecule has 1 aliphatic carbocycles. The number of methoxy groups -OCH3 is 1. The Morgan fingerprint density at radius 1 is 1.25 bits per heavy atom. The van der Waals surface area contributed by atoms with E-state index >= 15 is 0 Å². The molecule has 1 fully saturated rings. The van der Waals surface area contributed by atoms with Gasteiger partial charge in [-0.2, -0.15) is 13.2 Å². The molecule has 0 aliphatic heterocycles. The van der Waals surface area contributed by atoms with Gasteiger partial charge in [0.25, 0.3) is 5.91 Å². The van der Waals surface area contributed by atoms with Gasteiger partial charge in [-0.25, -0.2) is 0 Å². The summed E-state index contributed by atoms with van der Waals surface area (Å²) >= 11 is 0. The van der Waals surface area contributed by atoms with E-state index in [1.807, 2.05) is 0 Å². The third-order valence-corrected chi connectivity index (χ3v) is 4.83. The van der Waals surface area contributed by atoms with Crippen LogP contribution in [0.1, 0.15) is 34.0 Å². The standard InChI is InChI=1S/C19H19F3N2O4/c1-28-12-4-2-3-10(7-12)18(27)24-16-13(8-14(25)17(16)26)11-5-6-15(23-9-11)19(20,21)22/h2-7,9,13-14,16-17,25-26H,8H2,1H3,(H,24,27)/t13-,14-,16-,17-/m1/s1. The Hall–Kier alpha value is -2.65. The molecule has 1 amide bonds. The highest BCUT2D eigenvalue weighted by molar-refractivity contribution is 5.94. The number of nitrogens with one attached hydrogen (secondary N) is 1. The zero-order valence-corrected chi connectivity index (χ0v) is 14.8. The zero-order chi connectivity index (χ0) is 20.5. The molecule has 2 aromatic rings. The third-order valence-electron chi connectivity index (χ3n) is 4.83. The van der Waals surface area contributed by atoms with Crippen molar-refractivity contribution >= 4 is 5.91 Å². The van der Waals surface area contributed by atoms with Crippen LogP contribution in [0.4, 0.5) is 13.2 Å². The van der Waals surface area contributed by atoms with Crippen molar-refractivity contribution < 1.29 is 32.9 Å². The van der Waals surface area contributed by atoms with E-state index in [0.29, 0.717) is 11.3 Å². The Labute approximate surface area is 159 Å². The highest BCUT2D eigenvalue weighted by Gasteiger charge is 2.43. The maximum absolute atomic E-state index is 12.7. The van der Waals surface area contributed by atoms with E-state index in [0.717, 1.165) is 12.3 Å². The lowest BCUT2D eigenvalue weighted by Gasteiger charge is -2.24. The van der Waals surface area contributed by atoms with E-state index in [4.69, 9.17) is 4.74 Å². The van der Waals surface area contributed by atoms with E-state index in [9.17, 15) is 28.2 Å². The number of carbonyl (C=O) groups excluding carboxylic acids is 1. The Balaban J connectivity index is 1.82. The summed E-state index contributed by atoms with van der Waals surface area (Å²) in [6.07, 6.45) is -5.81. The van der Waals surface area contributed by atoms with E-state index in [2.05, 4.69) is 10.3 Å². The van der Waals surface area contributed by atoms with Gasteiger partial charge in [0.1, 0.15) is 17.5 Å². The maximum Gasteiger partial charge on any atom is 0.433 e. The average Bonchev–Trinajstić information content (AvgIpc) is 2.96. The van der Waals surface area contributed by atoms with Crippen molar-refractivity contribution in [2.45, 2.75) is 36.8 Å². The molecule has 1 aromatic heterocycles. The molecule has 1 heterocycles. The summed E-state index contributed by atoms with van der Waals surface area (Å²) in [6.45, 7) is 0. The predicted octanol–water partition coefficient (Wildman–Crippen LogP) is 2.12. The lowest BCUT2D eigenvalue weighted by Crippen LogP contribution is -2.45. The number of aromatic nitrogens is 1. The summed E-state index contributed by atoms with van der Waals surface area (Å²) in [6, 6.07) is 7.58. The third kappa shape index (κ3) is 4.10. The molecule has 0 spiro atoms. The van der Waals surface area contributed by atoms with Gasteiger partial charge in [-0.3, -0.25) is 9.78 Å². The van der Waals surface area contributed by atoms with E-state index in [1.54, 1.807) is 18.2 Å². The second-order valence-corrected chi connectivity index (χ2v) is 6.61. The summed E-state index contributed by atoms with van der Waals surface area (Å²) in [4.78, 5) is 16.0. The van der Waals surface area contributed by atoms with Crippen molar-refractivity contribution in [3.63, 3.8) is 0 Å². The summed E-state index contributed by atoms with van der Waals surface area (Å²) in [5, 5.41) is 23.0. The molecule has 1 saturated carbocycles. The molecule has 28 heavy (non-hydrogen) atoms. The normalized spacial score (nSPS) is 24.8. The number of benzene rings is 1. The first-order valence-corrected chi connectivity index (χ1v) is 8.55. The second-order valence-electron chi connectivity index (χ2n) is 6.61. The van der Waals surface area contributed by atoms with Crippen LogP contribution < -0.4 is 10.1 Å². The van der Waals surface area contributed by atoms with Gasteiger partial charge in [0.2, 0.25) is 0 Å². The quantitative estimate of drug-likeness (QED) is 0.737. The van der Waals surface area contributed by atoms with Gasteiger partial charge in [-0.1, -0.05) is 12.1 Å². The Morgan fingerprint density at radius 3 is 2.61 bits per heavy atom. The van der Waals surface area contributed by atoms with Crippen LogP contribution in [0.15, 0.2) is 42.6 Å². The van der Waals surface area contributed by atoms with Gasteiger partial charge in [-0.05, 0) is 36.2 Å². The number of hydrogen-bond donors (Lipinski definition) is 3. The largest absolute Gasteiger partial charge is 0.497 e. The van der Waals surface area contributed by atoms with Crippen molar-refractivity contribution in [2.75, 3.05) is 7.11 Å². The van der Waals surface area contributed by atoms with Crippen LogP contribution in [0, 0.1) is 0 Å². The number of aliphatic hydroxyl groups is 2. The van der Waals surface area contributed by atoms with Crippen LogP contribution in [0.5, 0.6) is 5.75 Å². The molecular weight excluding hydrogens is 377 g/mol. The number of rotatable bonds is 4. The number of carbonyl (C=O) groups is 1. The van der Waals surface area contributed by atoms with Crippen molar-refractivity contribution in [2.24, 2.45) is 0 Å². The lowest BCUT2D eigenvalue weighted by molar-refractivity contribution is -0.141. The van der Waals surface area contributed by atoms with Gasteiger partial charge in [-0.15, -0.1) is 0 Å². The van der Waals surface area contributed by atoms with E-state index < -0.39 is 41.9 Å². The molecule has 0 unspecified atom stereocenters. The van der Waals surface area contributed by atoms with E-state index in [1.165, 1.54) is 19.2 Å². The molecule has 0 radical (unpaired) electrons. The number of aliphatic hydroxyl groups excluding tert-OH is 2. The fourth-order valence-corrected chi connectivity index (χ4v) is 3.34. The smallest absolute Gasteiger partial charge is 0.433 e. The molecule has 3 N–H and O–H groups in total. The summed E-state index contributed by atoms with van der Waals surface area (Å²) in [7, 11) is 1.46. The van der Waals surface area contributed by atoms with Gasteiger partial charge >= 0.3 is 6.18 Å². The molecule has 1 aliphatic rings. The molecule has 4 atom stereocenters. The zero-order valence-electron chi connectivity index (χ0n) is 14.8. The number of pyridine rings is 1. The van der Waals surface area contributed by atoms with E-state index in [-0.39, 0.29) is 12.0 Å². The summed E-state index contributed by atoms with van der Waals surface area (Å²) in [5.41, 5.74) is -0.357. The van der Waals surface area contributed by atoms with Gasteiger partial charge < -0.3 is 20.3 Å². The minimum absolute atomic E-state index is 0.0806. The van der Waals surface area contributed by atoms with Crippen molar-refractivity contribution in [1.29, 1.82) is 0 Å². The maximum atomic E-state index is 12.7. The Kier molecular flexibility index (Phi) is 5.57. The molecule has 1 aromatic carbocycles. The first-order valence-electron chi connectivity index (χ1n) is 8.55. The monoisotopic (exact) mass is 396 g/mol. The van der Waals surface area contributed by atoms with Crippen LogP contribution in [0.3, 0.4) is 0 Å². The first kappa shape index (κ1) is 20.1. The summed E-state index contributed by atoms with van der Waals surface area (Å²) < 4.78 is 43.2. The van der Waals surface area contributed by atoms with Crippen LogP contribution in [0.25, 0.3) is 0 Å². The number of alkyl halides is 3. The first-order chi connectivity index (χ1) is 13.2. The number of ether oxygens (including phenoxy) is 1. The average molecular weight is 396 g/mol. The summed E-state index contributed by atoms with van der Waals surface area (Å²) in [5.74, 6) is -0.612. The fourth-order valence-electron chi connectivity index (χ4n) is 3.34. The number of amides is 1. The SMILES string of the molecule is COc1cccc(C(=O)N[C@H]2[C@H](O)[C@H](O)C[C@@H]2c2ccc(C(F)(F)F)nc2)c1. The second kappa shape index (κ2) is 7.76. The minimum Gasteiger partial charge on any atom is -0.497 e. The molecular formula is C19H19F3N2O4. The van der Waals surface area contributed by atoms with Gasteiger partial charge in [0.05, 0.1) is 19.3 Å². The highest BCUT2D eigenvalue weighted by Crippen LogP contribution is 2.36. The molecule has 0 saturated heterocycles. The minimum atomic E-state index is -4.56. The van der Waals surface area contributed by atoms with Crippen LogP contribution in [-0.2, 0) is 6.18 Å². The van der Waals surface area contributed by atoms with Crippen molar-refractivity contribution in [3.05, 3.63) is 59.4 Å². The van der Waals surface area contributed by atoms with Crippen LogP contribution in [0.2, 0.25) is 0 Å². The topological polar surface area (TPSA) is 91.7 Å². The van der Waals surface area contributed by atoms with Crippen molar-refractivity contribution in [1.82, 2.24) is 10.3 Å². The number of nitrogens with zero attached hydrogens (tertiary/aromatic N) is 1. The molecule has 9 heteroatoms. The predicted molar refractivity (Wildman–Crippen MR) is 92.9 cm³/mol. The molecule has 150 valence electrons. The molecule has 0 bridgehead atoms. The highest BCUT2D eigenvalue weighted by atomic mass is 19.4. The lowest BCUT2D eigenvalue weighted by atomic mass is 9.94. The molecule has 3 rings (SSSR count). The Bertz CT molecular complexity index is 842. The van der Waals surface area contributed by atoms with Gasteiger partial charge in [0, 0.05) is 17.7 Å². The number of hydrogen-bond acceptors (Lipinski definition) is 5. The van der Waals surface area contributed by atoms with Crippen LogP contribution in [-0.4, -0.2) is 46.5 Å². The van der Waals surface area contributed by atoms with Crippen molar-refractivity contribution in [3.8, 4) is 5.75 Å². The fraction of sp³-hybridized carbons (Fsp3) is 0.368. The number of halogens is 3. The molecule has 6 nitrogen and oxygen atoms in total. The van der Waals surface area contributed by atoms with Crippen LogP contribution >= 0.6 is 0 Å².